The zero-order valence-corrected chi connectivity index (χ0v) is 26.6. The number of carbonyl (C=O) groups is 2. The van der Waals surface area contributed by atoms with Gasteiger partial charge in [-0.15, -0.1) is 0 Å². The number of benzene rings is 1. The van der Waals surface area contributed by atoms with Crippen LogP contribution in [-0.2, 0) is 9.47 Å². The summed E-state index contributed by atoms with van der Waals surface area (Å²) in [5, 5.41) is 42.1. The van der Waals surface area contributed by atoms with Gasteiger partial charge in [0.1, 0.15) is 25.4 Å². The van der Waals surface area contributed by atoms with E-state index in [1.165, 1.54) is 12.1 Å². The number of hydrogen-bond donors (Lipinski definition) is 4. The predicted octanol–water partition coefficient (Wildman–Crippen LogP) is 2.75. The Labute approximate surface area is 250 Å². The first-order chi connectivity index (χ1) is 19.2. The molecule has 0 amide bonds. The highest BCUT2D eigenvalue weighted by Crippen LogP contribution is 2.39. The van der Waals surface area contributed by atoms with Gasteiger partial charge in [0.25, 0.3) is 0 Å². The van der Waals surface area contributed by atoms with E-state index in [1.807, 2.05) is 55.4 Å². The lowest BCUT2D eigenvalue weighted by atomic mass is 9.78. The van der Waals surface area contributed by atoms with Crippen LogP contribution in [-0.4, -0.2) is 115 Å². The Morgan fingerprint density at radius 1 is 0.690 bits per heavy atom. The number of likely N-dealkylation sites (tertiary alicyclic amines) is 2. The van der Waals surface area contributed by atoms with Gasteiger partial charge in [-0.3, -0.25) is 9.80 Å². The molecule has 0 bridgehead atoms. The van der Waals surface area contributed by atoms with Crippen LogP contribution in [0.2, 0.25) is 0 Å². The second kappa shape index (κ2) is 12.9. The van der Waals surface area contributed by atoms with Gasteiger partial charge < -0.3 is 29.9 Å². The van der Waals surface area contributed by atoms with Crippen LogP contribution in [0.25, 0.3) is 0 Å². The summed E-state index contributed by atoms with van der Waals surface area (Å²) < 4.78 is 10.8. The van der Waals surface area contributed by atoms with Gasteiger partial charge in [-0.05, 0) is 93.2 Å². The van der Waals surface area contributed by atoms with Crippen LogP contribution in [0.5, 0.6) is 0 Å². The van der Waals surface area contributed by atoms with Gasteiger partial charge in [0.2, 0.25) is 0 Å². The summed E-state index contributed by atoms with van der Waals surface area (Å²) in [6, 6.07) is 6.14. The molecule has 0 aliphatic carbocycles. The fraction of sp³-hybridized carbons (Fsp3) is 0.750. The van der Waals surface area contributed by atoms with Crippen molar-refractivity contribution in [3.63, 3.8) is 0 Å². The van der Waals surface area contributed by atoms with Gasteiger partial charge in [0.15, 0.2) is 0 Å². The third-order valence-electron chi connectivity index (χ3n) is 8.83. The molecular formula is C32H52N2O8. The summed E-state index contributed by atoms with van der Waals surface area (Å²) in [5.74, 6) is -1.52. The quantitative estimate of drug-likeness (QED) is 0.300. The van der Waals surface area contributed by atoms with Crippen LogP contribution in [0.15, 0.2) is 24.3 Å². The van der Waals surface area contributed by atoms with Crippen LogP contribution in [0.1, 0.15) is 102 Å². The second-order valence-corrected chi connectivity index (χ2v) is 14.6. The standard InChI is InChI=1S/C32H52N2O8/c1-29(2)13-21(35)14-30(3,4)33(29)17-23(37)19-41-27(39)25-11-9-10-12-26(25)28(40)42-20-24(38)18-34-31(5,6)15-22(36)16-32(34,7)8/h9-12,21-24,35-38H,13-20H2,1-8H3. The van der Waals surface area contributed by atoms with Gasteiger partial charge in [0.05, 0.1) is 23.3 Å². The van der Waals surface area contributed by atoms with Crippen LogP contribution >= 0.6 is 0 Å². The third kappa shape index (κ3) is 8.30. The van der Waals surface area contributed by atoms with Crippen molar-refractivity contribution in [3.8, 4) is 0 Å². The molecule has 2 atom stereocenters. The van der Waals surface area contributed by atoms with Crippen LogP contribution in [0, 0.1) is 0 Å². The van der Waals surface area contributed by atoms with E-state index in [0.29, 0.717) is 25.7 Å². The Bertz CT molecular complexity index is 981. The second-order valence-electron chi connectivity index (χ2n) is 14.6. The van der Waals surface area contributed by atoms with Gasteiger partial charge >= 0.3 is 11.9 Å². The van der Waals surface area contributed by atoms with Gasteiger partial charge in [-0.2, -0.15) is 0 Å². The molecule has 2 heterocycles. The van der Waals surface area contributed by atoms with E-state index in [9.17, 15) is 30.0 Å². The smallest absolute Gasteiger partial charge is 0.339 e. The highest BCUT2D eigenvalue weighted by atomic mass is 16.5. The van der Waals surface area contributed by atoms with Crippen LogP contribution in [0.3, 0.4) is 0 Å². The molecule has 2 unspecified atom stereocenters. The minimum Gasteiger partial charge on any atom is -0.459 e. The van der Waals surface area contributed by atoms with Crippen molar-refractivity contribution in [1.82, 2.24) is 9.80 Å². The highest BCUT2D eigenvalue weighted by Gasteiger charge is 2.46. The average Bonchev–Trinajstić information content (AvgIpc) is 2.84. The van der Waals surface area contributed by atoms with E-state index in [1.54, 1.807) is 12.1 Å². The Hall–Kier alpha value is -2.08. The number of esters is 2. The molecule has 1 aromatic rings. The monoisotopic (exact) mass is 592 g/mol. The lowest BCUT2D eigenvalue weighted by molar-refractivity contribution is -0.102. The molecule has 2 fully saturated rings. The first-order valence-corrected chi connectivity index (χ1v) is 15.0. The molecule has 0 radical (unpaired) electrons. The minimum atomic E-state index is -0.971. The number of ether oxygens (including phenoxy) is 2. The normalized spacial score (nSPS) is 24.1. The largest absolute Gasteiger partial charge is 0.459 e. The first-order valence-electron chi connectivity index (χ1n) is 15.0. The summed E-state index contributed by atoms with van der Waals surface area (Å²) in [4.78, 5) is 30.2. The van der Waals surface area contributed by atoms with E-state index in [2.05, 4.69) is 9.80 Å². The number of aliphatic hydroxyl groups excluding tert-OH is 4. The number of carbonyl (C=O) groups excluding carboxylic acids is 2. The Kier molecular flexibility index (Phi) is 10.6. The maximum atomic E-state index is 13.0. The van der Waals surface area contributed by atoms with E-state index in [-0.39, 0.29) is 59.6 Å². The van der Waals surface area contributed by atoms with E-state index in [4.69, 9.17) is 9.47 Å². The SMILES string of the molecule is CC1(C)CC(O)CC(C)(C)N1CC(O)COC(=O)c1ccccc1C(=O)OCC(O)CN1C(C)(C)CC(O)CC1(C)C. The molecule has 1 aromatic carbocycles. The highest BCUT2D eigenvalue weighted by molar-refractivity contribution is 6.03. The molecule has 0 saturated carbocycles. The average molecular weight is 593 g/mol. The lowest BCUT2D eigenvalue weighted by Crippen LogP contribution is -2.63. The third-order valence-corrected chi connectivity index (χ3v) is 8.83. The van der Waals surface area contributed by atoms with Crippen molar-refractivity contribution in [2.24, 2.45) is 0 Å². The summed E-state index contributed by atoms with van der Waals surface area (Å²) >= 11 is 0. The maximum absolute atomic E-state index is 13.0. The zero-order chi connectivity index (χ0) is 31.7. The molecule has 10 heteroatoms. The molecule has 2 aliphatic rings. The topological polar surface area (TPSA) is 140 Å². The van der Waals surface area contributed by atoms with E-state index in [0.717, 1.165) is 0 Å². The summed E-state index contributed by atoms with van der Waals surface area (Å²) in [7, 11) is 0. The Balaban J connectivity index is 1.58. The first kappa shape index (κ1) is 34.4. The minimum absolute atomic E-state index is 0.0122. The van der Waals surface area contributed by atoms with Gasteiger partial charge in [-0.25, -0.2) is 9.59 Å². The van der Waals surface area contributed by atoms with Crippen molar-refractivity contribution in [3.05, 3.63) is 35.4 Å². The lowest BCUT2D eigenvalue weighted by Gasteiger charge is -2.55. The van der Waals surface area contributed by atoms with Gasteiger partial charge in [-0.1, -0.05) is 12.1 Å². The van der Waals surface area contributed by atoms with Crippen molar-refractivity contribution >= 4 is 11.9 Å². The molecule has 3 rings (SSSR count). The summed E-state index contributed by atoms with van der Waals surface area (Å²) in [5.41, 5.74) is -1.39. The molecule has 4 N–H and O–H groups in total. The molecule has 10 nitrogen and oxygen atoms in total. The molecule has 2 saturated heterocycles. The van der Waals surface area contributed by atoms with E-state index >= 15 is 0 Å². The Morgan fingerprint density at radius 3 is 1.26 bits per heavy atom. The molecular weight excluding hydrogens is 540 g/mol. The van der Waals surface area contributed by atoms with Crippen molar-refractivity contribution < 1.29 is 39.5 Å². The number of aliphatic hydroxyl groups is 4. The molecule has 2 aliphatic heterocycles. The van der Waals surface area contributed by atoms with Crippen LogP contribution < -0.4 is 0 Å². The molecule has 42 heavy (non-hydrogen) atoms. The number of piperidine rings is 2. The Morgan fingerprint density at radius 2 is 0.976 bits per heavy atom. The number of rotatable bonds is 10. The fourth-order valence-corrected chi connectivity index (χ4v) is 7.38. The molecule has 0 spiro atoms. The number of β-amino-alcohol motifs (C(OH)–C–C–N with tert-alkyl or cyclic N) is 2. The molecule has 0 aromatic heterocycles. The predicted molar refractivity (Wildman–Crippen MR) is 159 cm³/mol. The number of nitrogens with zero attached hydrogens (tertiary/aromatic N) is 2. The summed E-state index contributed by atoms with van der Waals surface area (Å²) in [6.07, 6.45) is -0.490. The van der Waals surface area contributed by atoms with Crippen molar-refractivity contribution in [1.29, 1.82) is 0 Å². The maximum Gasteiger partial charge on any atom is 0.339 e. The van der Waals surface area contributed by atoms with Crippen LogP contribution in [0.4, 0.5) is 0 Å². The molecule has 238 valence electrons. The summed E-state index contributed by atoms with van der Waals surface area (Å²) in [6.45, 7) is 16.2. The van der Waals surface area contributed by atoms with Crippen molar-refractivity contribution in [2.75, 3.05) is 26.3 Å². The zero-order valence-electron chi connectivity index (χ0n) is 26.6. The van der Waals surface area contributed by atoms with Crippen molar-refractivity contribution in [2.45, 2.75) is 128 Å². The van der Waals surface area contributed by atoms with E-state index < -0.39 is 36.4 Å². The fourth-order valence-electron chi connectivity index (χ4n) is 7.38. The van der Waals surface area contributed by atoms with Gasteiger partial charge in [0, 0.05) is 35.2 Å². The number of hydrogen-bond acceptors (Lipinski definition) is 10.